The van der Waals surface area contributed by atoms with Gasteiger partial charge in [0.15, 0.2) is 0 Å². The number of nitrogens with one attached hydrogen (secondary N) is 1. The third-order valence-electron chi connectivity index (χ3n) is 0.707. The first-order valence-electron chi connectivity index (χ1n) is 2.06. The SMILES string of the molecule is CC[NH+](C)C.[Cl-]. The molecule has 0 fully saturated rings. The second-order valence-electron chi connectivity index (χ2n) is 1.56. The molecular weight excluding hydrogens is 97.5 g/mol. The van der Waals surface area contributed by atoms with E-state index >= 15 is 0 Å². The topological polar surface area (TPSA) is 4.44 Å². The molecule has 0 aromatic heterocycles. The van der Waals surface area contributed by atoms with Crippen molar-refractivity contribution in [2.75, 3.05) is 20.6 Å². The van der Waals surface area contributed by atoms with Gasteiger partial charge in [0.05, 0.1) is 20.6 Å². The summed E-state index contributed by atoms with van der Waals surface area (Å²) in [4.78, 5) is 1.50. The predicted molar refractivity (Wildman–Crippen MR) is 23.4 cm³/mol. The Balaban J connectivity index is 0. The van der Waals surface area contributed by atoms with Crippen molar-refractivity contribution >= 4 is 0 Å². The van der Waals surface area contributed by atoms with Crippen molar-refractivity contribution in [2.24, 2.45) is 0 Å². The molecule has 0 bridgehead atoms. The summed E-state index contributed by atoms with van der Waals surface area (Å²) < 4.78 is 0. The molecule has 0 rings (SSSR count). The second-order valence-corrected chi connectivity index (χ2v) is 1.56. The van der Waals surface area contributed by atoms with E-state index < -0.39 is 0 Å². The van der Waals surface area contributed by atoms with Crippen molar-refractivity contribution < 1.29 is 17.3 Å². The van der Waals surface area contributed by atoms with Gasteiger partial charge in [-0.15, -0.1) is 0 Å². The molecule has 0 aliphatic rings. The largest absolute Gasteiger partial charge is 1.00 e. The van der Waals surface area contributed by atoms with Gasteiger partial charge in [-0.1, -0.05) is 0 Å². The van der Waals surface area contributed by atoms with Gasteiger partial charge in [0.1, 0.15) is 0 Å². The van der Waals surface area contributed by atoms with Crippen LogP contribution >= 0.6 is 0 Å². The first-order valence-corrected chi connectivity index (χ1v) is 2.06. The van der Waals surface area contributed by atoms with Crippen LogP contribution in [0.15, 0.2) is 0 Å². The minimum absolute atomic E-state index is 0. The molecule has 0 aliphatic heterocycles. The van der Waals surface area contributed by atoms with Gasteiger partial charge in [-0.2, -0.15) is 0 Å². The fourth-order valence-electron chi connectivity index (χ4n) is 0. The van der Waals surface area contributed by atoms with Gasteiger partial charge < -0.3 is 17.3 Å². The van der Waals surface area contributed by atoms with Crippen LogP contribution < -0.4 is 17.3 Å². The Kier molecular flexibility index (Phi) is 8.35. The fraction of sp³-hybridized carbons (Fsp3) is 1.00. The van der Waals surface area contributed by atoms with Gasteiger partial charge in [-0.3, -0.25) is 0 Å². The maximum atomic E-state index is 2.16. The Bertz CT molecular complexity index is 21.5. The summed E-state index contributed by atoms with van der Waals surface area (Å²) in [6.07, 6.45) is 0. The van der Waals surface area contributed by atoms with Crippen molar-refractivity contribution in [3.8, 4) is 0 Å². The van der Waals surface area contributed by atoms with E-state index in [1.54, 1.807) is 0 Å². The summed E-state index contributed by atoms with van der Waals surface area (Å²) in [6, 6.07) is 0. The summed E-state index contributed by atoms with van der Waals surface area (Å²) in [5, 5.41) is 0. The number of hydrogen-bond donors (Lipinski definition) is 1. The molecule has 0 saturated heterocycles. The molecule has 0 amide bonds. The molecule has 40 valence electrons. The molecule has 0 aromatic carbocycles. The van der Waals surface area contributed by atoms with E-state index in [0.29, 0.717) is 0 Å². The van der Waals surface area contributed by atoms with E-state index in [4.69, 9.17) is 0 Å². The minimum Gasteiger partial charge on any atom is -1.00 e. The zero-order valence-electron chi connectivity index (χ0n) is 4.59. The number of quaternary nitrogens is 1. The van der Waals surface area contributed by atoms with Crippen LogP contribution in [0.1, 0.15) is 6.92 Å². The van der Waals surface area contributed by atoms with E-state index in [1.165, 1.54) is 11.4 Å². The van der Waals surface area contributed by atoms with E-state index in [9.17, 15) is 0 Å². The molecule has 0 aliphatic carbocycles. The van der Waals surface area contributed by atoms with Gasteiger partial charge >= 0.3 is 0 Å². The molecule has 6 heavy (non-hydrogen) atoms. The normalized spacial score (nSPS) is 8.00. The lowest BCUT2D eigenvalue weighted by atomic mass is 10.7. The Labute approximate surface area is 45.7 Å². The Morgan fingerprint density at radius 3 is 1.50 bits per heavy atom. The van der Waals surface area contributed by atoms with Gasteiger partial charge in [0, 0.05) is 0 Å². The van der Waals surface area contributed by atoms with E-state index in [2.05, 4.69) is 21.0 Å². The molecule has 1 N–H and O–H groups in total. The third-order valence-corrected chi connectivity index (χ3v) is 0.707. The summed E-state index contributed by atoms with van der Waals surface area (Å²) in [5.74, 6) is 0. The van der Waals surface area contributed by atoms with Crippen LogP contribution in [0, 0.1) is 0 Å². The molecule has 2 heteroatoms. The highest BCUT2D eigenvalue weighted by atomic mass is 35.5. The average Bonchev–Trinajstić information content (AvgIpc) is 1.38. The number of rotatable bonds is 1. The molecule has 0 radical (unpaired) electrons. The van der Waals surface area contributed by atoms with Crippen molar-refractivity contribution in [1.29, 1.82) is 0 Å². The molecule has 0 spiro atoms. The highest BCUT2D eigenvalue weighted by molar-refractivity contribution is 3.92. The standard InChI is InChI=1S/C4H11N.ClH/c1-4-5(2)3;/h4H2,1-3H3;1H. The van der Waals surface area contributed by atoms with E-state index in [0.717, 1.165) is 0 Å². The average molecular weight is 110 g/mol. The fourth-order valence-corrected chi connectivity index (χ4v) is 0. The summed E-state index contributed by atoms with van der Waals surface area (Å²) >= 11 is 0. The van der Waals surface area contributed by atoms with Crippen LogP contribution in [0.25, 0.3) is 0 Å². The quantitative estimate of drug-likeness (QED) is 0.352. The Morgan fingerprint density at radius 1 is 1.33 bits per heavy atom. The lowest BCUT2D eigenvalue weighted by molar-refractivity contribution is -0.856. The highest BCUT2D eigenvalue weighted by Crippen LogP contribution is 1.25. The Morgan fingerprint density at radius 2 is 1.50 bits per heavy atom. The number of halogens is 1. The van der Waals surface area contributed by atoms with Gasteiger partial charge in [-0.05, 0) is 6.92 Å². The van der Waals surface area contributed by atoms with Crippen LogP contribution in [-0.2, 0) is 0 Å². The van der Waals surface area contributed by atoms with Gasteiger partial charge in [0.25, 0.3) is 0 Å². The van der Waals surface area contributed by atoms with E-state index in [-0.39, 0.29) is 12.4 Å². The zero-order valence-corrected chi connectivity index (χ0v) is 5.34. The van der Waals surface area contributed by atoms with Crippen molar-refractivity contribution in [1.82, 2.24) is 0 Å². The lowest BCUT2D eigenvalue weighted by Gasteiger charge is -1.97. The first kappa shape index (κ1) is 9.54. The molecule has 0 aromatic rings. The molecule has 0 saturated carbocycles. The molecule has 0 unspecified atom stereocenters. The van der Waals surface area contributed by atoms with Gasteiger partial charge in [-0.25, -0.2) is 0 Å². The molecule has 1 nitrogen and oxygen atoms in total. The van der Waals surface area contributed by atoms with Crippen LogP contribution in [0.5, 0.6) is 0 Å². The van der Waals surface area contributed by atoms with Crippen molar-refractivity contribution in [2.45, 2.75) is 6.92 Å². The second kappa shape index (κ2) is 5.25. The maximum Gasteiger partial charge on any atom is 0.0738 e. The first-order chi connectivity index (χ1) is 2.27. The highest BCUT2D eigenvalue weighted by Gasteiger charge is 1.75. The Hall–Kier alpha value is 0.250. The lowest BCUT2D eigenvalue weighted by Crippen LogP contribution is -3.05. The molecular formula is C4H12ClN. The molecule has 0 heterocycles. The van der Waals surface area contributed by atoms with Crippen LogP contribution in [0.4, 0.5) is 0 Å². The summed E-state index contributed by atoms with van der Waals surface area (Å²) in [6.45, 7) is 3.38. The van der Waals surface area contributed by atoms with Crippen molar-refractivity contribution in [3.05, 3.63) is 0 Å². The van der Waals surface area contributed by atoms with Crippen LogP contribution in [-0.4, -0.2) is 20.6 Å². The smallest absolute Gasteiger partial charge is 0.0738 e. The number of hydrogen-bond acceptors (Lipinski definition) is 0. The van der Waals surface area contributed by atoms with Gasteiger partial charge in [0.2, 0.25) is 0 Å². The molecule has 0 atom stereocenters. The summed E-state index contributed by atoms with van der Waals surface area (Å²) in [5.41, 5.74) is 0. The minimum atomic E-state index is 0. The monoisotopic (exact) mass is 109 g/mol. The third kappa shape index (κ3) is 8.87. The van der Waals surface area contributed by atoms with E-state index in [1.807, 2.05) is 0 Å². The zero-order chi connectivity index (χ0) is 4.28. The van der Waals surface area contributed by atoms with Crippen molar-refractivity contribution in [3.63, 3.8) is 0 Å². The predicted octanol–water partition coefficient (Wildman–Crippen LogP) is -3.85. The van der Waals surface area contributed by atoms with Crippen LogP contribution in [0.2, 0.25) is 0 Å². The summed E-state index contributed by atoms with van der Waals surface area (Å²) in [7, 11) is 4.28. The van der Waals surface area contributed by atoms with Crippen LogP contribution in [0.3, 0.4) is 0 Å². The maximum absolute atomic E-state index is 2.16.